The number of imidazole rings is 1. The number of halogens is 1. The van der Waals surface area contributed by atoms with E-state index in [0.717, 1.165) is 66.8 Å². The second-order valence-electron chi connectivity index (χ2n) is 10.6. The minimum Gasteiger partial charge on any atom is -0.497 e. The molecule has 0 bridgehead atoms. The number of para-hydroxylation sites is 2. The maximum atomic E-state index is 13.6. The van der Waals surface area contributed by atoms with Gasteiger partial charge in [-0.2, -0.15) is 0 Å². The Hall–Kier alpha value is -3.55. The smallest absolute Gasteiger partial charge is 0.326 e. The Morgan fingerprint density at radius 2 is 1.62 bits per heavy atom. The normalized spacial score (nSPS) is 14.2. The largest absolute Gasteiger partial charge is 0.497 e. The van der Waals surface area contributed by atoms with Crippen molar-refractivity contribution in [3.63, 3.8) is 0 Å². The van der Waals surface area contributed by atoms with Crippen molar-refractivity contribution in [2.45, 2.75) is 51.7 Å². The second kappa shape index (κ2) is 13.7. The molecule has 2 heterocycles. The lowest BCUT2D eigenvalue weighted by Gasteiger charge is -2.39. The number of aryl methyl sites for hydroxylation is 2. The molecule has 0 unspecified atom stereocenters. The first-order valence-electron chi connectivity index (χ1n) is 13.9. The molecule has 3 aromatic carbocycles. The number of fused-ring (bicyclic) bond motifs is 1. The van der Waals surface area contributed by atoms with Crippen LogP contribution in [0.3, 0.4) is 0 Å². The number of benzene rings is 3. The van der Waals surface area contributed by atoms with Gasteiger partial charge in [-0.25, -0.2) is 4.79 Å². The van der Waals surface area contributed by atoms with E-state index in [9.17, 15) is 9.59 Å². The molecular weight excluding hydrogens is 524 g/mol. The Kier molecular flexibility index (Phi) is 10.1. The van der Waals surface area contributed by atoms with Gasteiger partial charge < -0.3 is 19.5 Å². The monoisotopic (exact) mass is 562 g/mol. The fraction of sp³-hybridized carbons (Fsp3) is 0.375. The third-order valence-corrected chi connectivity index (χ3v) is 7.84. The molecule has 0 atom stereocenters. The van der Waals surface area contributed by atoms with Gasteiger partial charge in [0.25, 0.3) is 0 Å². The van der Waals surface area contributed by atoms with Crippen LogP contribution in [0.15, 0.2) is 77.6 Å². The third kappa shape index (κ3) is 7.14. The van der Waals surface area contributed by atoms with E-state index in [1.54, 1.807) is 7.11 Å². The summed E-state index contributed by atoms with van der Waals surface area (Å²) < 4.78 is 7.11. The Labute approximate surface area is 242 Å². The summed E-state index contributed by atoms with van der Waals surface area (Å²) in [6.45, 7) is 6.25. The Morgan fingerprint density at radius 3 is 2.33 bits per heavy atom. The zero-order valence-corrected chi connectivity index (χ0v) is 24.2. The van der Waals surface area contributed by atoms with Crippen molar-refractivity contribution in [1.29, 1.82) is 0 Å². The molecule has 212 valence electrons. The first-order valence-corrected chi connectivity index (χ1v) is 13.9. The number of carbonyl (C=O) groups is 1. The maximum Gasteiger partial charge on any atom is 0.326 e. The highest BCUT2D eigenvalue weighted by atomic mass is 35.5. The van der Waals surface area contributed by atoms with Crippen LogP contribution in [-0.2, 0) is 24.3 Å². The number of amides is 1. The van der Waals surface area contributed by atoms with Crippen molar-refractivity contribution >= 4 is 29.3 Å². The summed E-state index contributed by atoms with van der Waals surface area (Å²) in [5.74, 6) is 0.961. The minimum absolute atomic E-state index is 0. The molecule has 0 aliphatic carbocycles. The van der Waals surface area contributed by atoms with E-state index < -0.39 is 0 Å². The predicted molar refractivity (Wildman–Crippen MR) is 162 cm³/mol. The molecule has 0 spiro atoms. The van der Waals surface area contributed by atoms with Gasteiger partial charge in [0.2, 0.25) is 5.91 Å². The van der Waals surface area contributed by atoms with Gasteiger partial charge in [0.15, 0.2) is 0 Å². The molecule has 1 saturated heterocycles. The Morgan fingerprint density at radius 1 is 0.950 bits per heavy atom. The maximum absolute atomic E-state index is 13.6. The highest BCUT2D eigenvalue weighted by Crippen LogP contribution is 2.22. The fourth-order valence-electron chi connectivity index (χ4n) is 5.57. The van der Waals surface area contributed by atoms with Crippen molar-refractivity contribution in [2.24, 2.45) is 0 Å². The Balaban J connectivity index is 0.00000370. The van der Waals surface area contributed by atoms with Crippen molar-refractivity contribution in [1.82, 2.24) is 19.4 Å². The molecule has 7 nitrogen and oxygen atoms in total. The quantitative estimate of drug-likeness (QED) is 0.289. The van der Waals surface area contributed by atoms with Crippen molar-refractivity contribution in [3.05, 3.63) is 100.0 Å². The van der Waals surface area contributed by atoms with E-state index in [4.69, 9.17) is 4.74 Å². The zero-order valence-electron chi connectivity index (χ0n) is 23.3. The average molecular weight is 563 g/mol. The number of aromatic nitrogens is 2. The number of piperidine rings is 1. The van der Waals surface area contributed by atoms with Crippen LogP contribution >= 0.6 is 12.4 Å². The summed E-state index contributed by atoms with van der Waals surface area (Å²) >= 11 is 0. The number of carbonyl (C=O) groups excluding carboxylic acids is 1. The van der Waals surface area contributed by atoms with Gasteiger partial charge in [-0.1, -0.05) is 54.1 Å². The lowest BCUT2D eigenvalue weighted by Crippen LogP contribution is -2.47. The first-order chi connectivity index (χ1) is 19.0. The number of nitrogens with zero attached hydrogens (tertiary/aromatic N) is 3. The number of hydrogen-bond acceptors (Lipinski definition) is 4. The van der Waals surface area contributed by atoms with E-state index in [1.165, 1.54) is 5.56 Å². The molecule has 1 N–H and O–H groups in total. The lowest BCUT2D eigenvalue weighted by atomic mass is 10.00. The SMILES string of the molecule is COc1ccc(CC(=O)N(Cc2ccc(C)cc2)C2CCN(CCCn3c(=O)[nH]c4ccccc43)CC2)cc1.Cl. The molecule has 0 radical (unpaired) electrons. The number of nitrogens with one attached hydrogen (secondary N) is 1. The summed E-state index contributed by atoms with van der Waals surface area (Å²) in [6, 6.07) is 24.3. The van der Waals surface area contributed by atoms with Gasteiger partial charge in [-0.3, -0.25) is 9.36 Å². The van der Waals surface area contributed by atoms with Crippen LogP contribution in [0, 0.1) is 6.92 Å². The van der Waals surface area contributed by atoms with Crippen molar-refractivity contribution in [3.8, 4) is 5.75 Å². The zero-order chi connectivity index (χ0) is 27.2. The molecule has 1 fully saturated rings. The van der Waals surface area contributed by atoms with Crippen LogP contribution in [0.4, 0.5) is 0 Å². The predicted octanol–water partition coefficient (Wildman–Crippen LogP) is 5.19. The third-order valence-electron chi connectivity index (χ3n) is 7.84. The number of aromatic amines is 1. The van der Waals surface area contributed by atoms with Crippen LogP contribution in [0.1, 0.15) is 36.0 Å². The number of methoxy groups -OCH3 is 1. The van der Waals surface area contributed by atoms with Crippen LogP contribution in [0.5, 0.6) is 5.75 Å². The van der Waals surface area contributed by atoms with E-state index >= 15 is 0 Å². The summed E-state index contributed by atoms with van der Waals surface area (Å²) in [7, 11) is 1.65. The number of hydrogen-bond donors (Lipinski definition) is 1. The Bertz CT molecular complexity index is 1440. The summed E-state index contributed by atoms with van der Waals surface area (Å²) in [5, 5.41) is 0. The van der Waals surface area contributed by atoms with Gasteiger partial charge >= 0.3 is 5.69 Å². The summed E-state index contributed by atoms with van der Waals surface area (Å²) in [4.78, 5) is 33.5. The van der Waals surface area contributed by atoms with E-state index in [-0.39, 0.29) is 30.0 Å². The highest BCUT2D eigenvalue weighted by molar-refractivity contribution is 5.85. The molecule has 1 aliphatic heterocycles. The molecule has 4 aromatic rings. The number of ether oxygens (including phenoxy) is 1. The molecule has 1 amide bonds. The number of H-pyrrole nitrogens is 1. The second-order valence-corrected chi connectivity index (χ2v) is 10.6. The van der Waals surface area contributed by atoms with Gasteiger partial charge in [0.05, 0.1) is 24.6 Å². The topological polar surface area (TPSA) is 70.6 Å². The van der Waals surface area contributed by atoms with Crippen LogP contribution in [0.25, 0.3) is 11.0 Å². The lowest BCUT2D eigenvalue weighted by molar-refractivity contribution is -0.134. The van der Waals surface area contributed by atoms with Crippen molar-refractivity contribution in [2.75, 3.05) is 26.7 Å². The molecule has 0 saturated carbocycles. The first kappa shape index (κ1) is 29.4. The molecular formula is C32H39ClN4O3. The average Bonchev–Trinajstić information content (AvgIpc) is 3.28. The molecule has 8 heteroatoms. The van der Waals surface area contributed by atoms with Gasteiger partial charge in [-0.15, -0.1) is 12.4 Å². The molecule has 1 aromatic heterocycles. The minimum atomic E-state index is -0.0444. The molecule has 5 rings (SSSR count). The van der Waals surface area contributed by atoms with E-state index in [2.05, 4.69) is 46.0 Å². The van der Waals surface area contributed by atoms with E-state index in [1.807, 2.05) is 53.1 Å². The van der Waals surface area contributed by atoms with Crippen molar-refractivity contribution < 1.29 is 9.53 Å². The molecule has 40 heavy (non-hydrogen) atoms. The number of rotatable bonds is 10. The summed E-state index contributed by atoms with van der Waals surface area (Å²) in [6.07, 6.45) is 3.20. The van der Waals surface area contributed by atoms with E-state index in [0.29, 0.717) is 19.5 Å². The van der Waals surface area contributed by atoms with Gasteiger partial charge in [-0.05, 0) is 68.1 Å². The number of likely N-dealkylation sites (tertiary alicyclic amines) is 1. The summed E-state index contributed by atoms with van der Waals surface area (Å²) in [5.41, 5.74) is 5.18. The highest BCUT2D eigenvalue weighted by Gasteiger charge is 2.28. The van der Waals surface area contributed by atoms with Crippen LogP contribution in [-0.4, -0.2) is 58.0 Å². The fourth-order valence-corrected chi connectivity index (χ4v) is 5.57. The van der Waals surface area contributed by atoms with Crippen LogP contribution in [0.2, 0.25) is 0 Å². The molecule has 1 aliphatic rings. The van der Waals surface area contributed by atoms with Crippen LogP contribution < -0.4 is 10.4 Å². The van der Waals surface area contributed by atoms with Gasteiger partial charge in [0, 0.05) is 32.2 Å². The van der Waals surface area contributed by atoms with Gasteiger partial charge in [0.1, 0.15) is 5.75 Å². The standard InChI is InChI=1S/C32H38N4O3.ClH/c1-24-8-10-26(11-9-24)23-36(31(37)22-25-12-14-28(39-2)15-13-25)27-16-20-34(21-17-27)18-5-19-35-30-7-4-3-6-29(30)33-32(35)38;/h3-4,6-15,27H,5,16-23H2,1-2H3,(H,33,38);1H.